The highest BCUT2D eigenvalue weighted by Gasteiger charge is 2.38. The van der Waals surface area contributed by atoms with Gasteiger partial charge in [-0.2, -0.15) is 0 Å². The van der Waals surface area contributed by atoms with Gasteiger partial charge in [0.15, 0.2) is 0 Å². The van der Waals surface area contributed by atoms with E-state index in [-0.39, 0.29) is 30.5 Å². The fourth-order valence-electron chi connectivity index (χ4n) is 2.42. The summed E-state index contributed by atoms with van der Waals surface area (Å²) in [5.41, 5.74) is 0. The molecule has 4 heteroatoms. The van der Waals surface area contributed by atoms with Gasteiger partial charge in [0.25, 0.3) is 0 Å². The van der Waals surface area contributed by atoms with Crippen molar-refractivity contribution in [2.45, 2.75) is 45.1 Å². The van der Waals surface area contributed by atoms with Crippen LogP contribution in [0.3, 0.4) is 0 Å². The lowest BCUT2D eigenvalue weighted by molar-refractivity contribution is -0.137. The lowest BCUT2D eigenvalue weighted by Gasteiger charge is -2.13. The summed E-state index contributed by atoms with van der Waals surface area (Å²) >= 11 is 0. The van der Waals surface area contributed by atoms with Crippen molar-refractivity contribution in [3.8, 4) is 0 Å². The molecule has 1 fully saturated rings. The summed E-state index contributed by atoms with van der Waals surface area (Å²) in [7, 11) is 0. The zero-order chi connectivity index (χ0) is 14.3. The molecule has 0 amide bonds. The smallest absolute Gasteiger partial charge is 0.303 e. The van der Waals surface area contributed by atoms with Gasteiger partial charge in [-0.25, -0.2) is 0 Å². The number of carbonyl (C=O) groups excluding carboxylic acids is 1. The van der Waals surface area contributed by atoms with Gasteiger partial charge in [0.1, 0.15) is 5.78 Å². The van der Waals surface area contributed by atoms with Crippen molar-refractivity contribution < 1.29 is 19.8 Å². The number of ketones is 1. The molecular formula is C15H22O4. The van der Waals surface area contributed by atoms with Crippen LogP contribution >= 0.6 is 0 Å². The maximum atomic E-state index is 11.8. The molecule has 0 aromatic rings. The summed E-state index contributed by atoms with van der Waals surface area (Å²) in [6.07, 6.45) is 9.61. The molecule has 1 aliphatic rings. The number of carbonyl (C=O) groups is 2. The zero-order valence-electron chi connectivity index (χ0n) is 11.3. The van der Waals surface area contributed by atoms with Crippen LogP contribution in [0.25, 0.3) is 0 Å². The summed E-state index contributed by atoms with van der Waals surface area (Å²) in [6, 6.07) is 0. The molecule has 19 heavy (non-hydrogen) atoms. The average molecular weight is 266 g/mol. The van der Waals surface area contributed by atoms with Crippen LogP contribution in [-0.2, 0) is 9.59 Å². The van der Waals surface area contributed by atoms with Gasteiger partial charge in [0, 0.05) is 24.7 Å². The Kier molecular flexibility index (Phi) is 6.50. The molecule has 0 saturated heterocycles. The van der Waals surface area contributed by atoms with E-state index in [1.807, 2.05) is 31.2 Å². The van der Waals surface area contributed by atoms with Crippen molar-refractivity contribution in [2.75, 3.05) is 0 Å². The fraction of sp³-hybridized carbons (Fsp3) is 0.600. The molecule has 106 valence electrons. The Morgan fingerprint density at radius 1 is 1.37 bits per heavy atom. The molecule has 0 radical (unpaired) electrons. The van der Waals surface area contributed by atoms with E-state index in [9.17, 15) is 14.7 Å². The second-order valence-electron chi connectivity index (χ2n) is 4.93. The minimum atomic E-state index is -0.772. The van der Waals surface area contributed by atoms with Crippen LogP contribution in [0.1, 0.15) is 39.0 Å². The maximum Gasteiger partial charge on any atom is 0.303 e. The van der Waals surface area contributed by atoms with E-state index < -0.39 is 12.1 Å². The van der Waals surface area contributed by atoms with Crippen LogP contribution in [0.15, 0.2) is 24.3 Å². The Morgan fingerprint density at radius 3 is 2.74 bits per heavy atom. The molecule has 2 N–H and O–H groups in total. The molecule has 0 aromatic carbocycles. The van der Waals surface area contributed by atoms with E-state index in [1.165, 1.54) is 0 Å². The topological polar surface area (TPSA) is 74.6 Å². The molecule has 1 aliphatic carbocycles. The number of aliphatic carboxylic acids is 1. The minimum absolute atomic E-state index is 0.0809. The SMILES string of the molecule is C/C=C/C1C(O)CC(=O)C1/C=C/CCCCC(=O)O. The molecule has 3 unspecified atom stereocenters. The van der Waals surface area contributed by atoms with Gasteiger partial charge in [-0.3, -0.25) is 9.59 Å². The number of aliphatic hydroxyl groups is 1. The molecule has 0 heterocycles. The first kappa shape index (κ1) is 15.6. The molecule has 0 bridgehead atoms. The molecule has 4 nitrogen and oxygen atoms in total. The Bertz CT molecular complexity index is 370. The number of carboxylic acid groups (broad SMARTS) is 1. The lowest BCUT2D eigenvalue weighted by atomic mass is 9.93. The van der Waals surface area contributed by atoms with Gasteiger partial charge in [0.2, 0.25) is 0 Å². The monoisotopic (exact) mass is 266 g/mol. The number of hydrogen-bond donors (Lipinski definition) is 2. The first-order valence-corrected chi connectivity index (χ1v) is 6.78. The summed E-state index contributed by atoms with van der Waals surface area (Å²) in [5, 5.41) is 18.3. The predicted molar refractivity (Wildman–Crippen MR) is 72.7 cm³/mol. The second kappa shape index (κ2) is 7.89. The average Bonchev–Trinajstić information content (AvgIpc) is 2.60. The van der Waals surface area contributed by atoms with E-state index in [0.717, 1.165) is 12.8 Å². The van der Waals surface area contributed by atoms with Crippen molar-refractivity contribution in [3.63, 3.8) is 0 Å². The number of hydrogen-bond acceptors (Lipinski definition) is 3. The molecular weight excluding hydrogens is 244 g/mol. The Labute approximate surface area is 113 Å². The van der Waals surface area contributed by atoms with Crippen molar-refractivity contribution in [1.29, 1.82) is 0 Å². The Hall–Kier alpha value is -1.42. The minimum Gasteiger partial charge on any atom is -0.481 e. The highest BCUT2D eigenvalue weighted by atomic mass is 16.4. The molecule has 3 atom stereocenters. The van der Waals surface area contributed by atoms with Gasteiger partial charge in [-0.05, 0) is 26.2 Å². The van der Waals surface area contributed by atoms with Crippen LogP contribution < -0.4 is 0 Å². The third-order valence-electron chi connectivity index (χ3n) is 3.41. The molecule has 1 rings (SSSR count). The molecule has 0 aromatic heterocycles. The van der Waals surface area contributed by atoms with Crippen LogP contribution in [0.2, 0.25) is 0 Å². The van der Waals surface area contributed by atoms with E-state index in [0.29, 0.717) is 6.42 Å². The maximum absolute atomic E-state index is 11.8. The van der Waals surface area contributed by atoms with Gasteiger partial charge in [0.05, 0.1) is 6.10 Å². The number of rotatable bonds is 7. The fourth-order valence-corrected chi connectivity index (χ4v) is 2.42. The van der Waals surface area contributed by atoms with Crippen LogP contribution in [-0.4, -0.2) is 28.1 Å². The highest BCUT2D eigenvalue weighted by Crippen LogP contribution is 2.31. The largest absolute Gasteiger partial charge is 0.481 e. The third kappa shape index (κ3) is 4.99. The van der Waals surface area contributed by atoms with E-state index >= 15 is 0 Å². The Morgan fingerprint density at radius 2 is 2.11 bits per heavy atom. The van der Waals surface area contributed by atoms with Gasteiger partial charge < -0.3 is 10.2 Å². The van der Waals surface area contributed by atoms with Crippen molar-refractivity contribution in [3.05, 3.63) is 24.3 Å². The predicted octanol–water partition coefficient (Wildman–Crippen LogP) is 2.33. The zero-order valence-corrected chi connectivity index (χ0v) is 11.3. The summed E-state index contributed by atoms with van der Waals surface area (Å²) in [5.74, 6) is -1.04. The van der Waals surface area contributed by atoms with Gasteiger partial charge >= 0.3 is 5.97 Å². The Balaban J connectivity index is 2.41. The van der Waals surface area contributed by atoms with Crippen molar-refractivity contribution >= 4 is 11.8 Å². The van der Waals surface area contributed by atoms with Crippen molar-refractivity contribution in [2.24, 2.45) is 11.8 Å². The standard InChI is InChI=1S/C15H22O4/c1-2-7-11-12(14(17)10-13(11)16)8-5-3-4-6-9-15(18)19/h2,5,7-8,11-13,16H,3-4,6,9-10H2,1H3,(H,18,19)/b7-2+,8-5+. The van der Waals surface area contributed by atoms with E-state index in [4.69, 9.17) is 5.11 Å². The number of carboxylic acids is 1. The third-order valence-corrected chi connectivity index (χ3v) is 3.41. The van der Waals surface area contributed by atoms with Gasteiger partial charge in [-0.15, -0.1) is 0 Å². The molecule has 0 aliphatic heterocycles. The number of aliphatic hydroxyl groups excluding tert-OH is 1. The van der Waals surface area contributed by atoms with Crippen LogP contribution in [0, 0.1) is 11.8 Å². The van der Waals surface area contributed by atoms with E-state index in [2.05, 4.69) is 0 Å². The summed E-state index contributed by atoms with van der Waals surface area (Å²) in [4.78, 5) is 22.1. The highest BCUT2D eigenvalue weighted by molar-refractivity contribution is 5.86. The molecule has 0 spiro atoms. The first-order valence-electron chi connectivity index (χ1n) is 6.78. The van der Waals surface area contributed by atoms with Crippen molar-refractivity contribution in [1.82, 2.24) is 0 Å². The first-order chi connectivity index (χ1) is 9.06. The number of allylic oxidation sites excluding steroid dienone is 3. The van der Waals surface area contributed by atoms with Gasteiger partial charge in [-0.1, -0.05) is 24.3 Å². The quantitative estimate of drug-likeness (QED) is 0.548. The number of Topliss-reactive ketones (excluding diaryl/α,β-unsaturated/α-hetero) is 1. The molecule has 1 saturated carbocycles. The number of unbranched alkanes of at least 4 members (excludes halogenated alkanes) is 2. The van der Waals surface area contributed by atoms with Crippen LogP contribution in [0.5, 0.6) is 0 Å². The second-order valence-corrected chi connectivity index (χ2v) is 4.93. The normalized spacial score (nSPS) is 27.7. The van der Waals surface area contributed by atoms with Crippen LogP contribution in [0.4, 0.5) is 0 Å². The van der Waals surface area contributed by atoms with E-state index in [1.54, 1.807) is 0 Å². The lowest BCUT2D eigenvalue weighted by Crippen LogP contribution is -2.16. The summed E-state index contributed by atoms with van der Waals surface area (Å²) < 4.78 is 0. The summed E-state index contributed by atoms with van der Waals surface area (Å²) in [6.45, 7) is 1.88.